The second-order valence-corrected chi connectivity index (χ2v) is 8.43. The van der Waals surface area contributed by atoms with Crippen LogP contribution < -0.4 is 24.3 Å². The number of rotatable bonds is 9. The van der Waals surface area contributed by atoms with Crippen LogP contribution in [0, 0.1) is 0 Å². The summed E-state index contributed by atoms with van der Waals surface area (Å²) in [7, 11) is 3.06. The van der Waals surface area contributed by atoms with E-state index in [0.717, 1.165) is 12.8 Å². The van der Waals surface area contributed by atoms with Gasteiger partial charge in [0.25, 0.3) is 5.91 Å². The Morgan fingerprint density at radius 1 is 1.05 bits per heavy atom. The molecule has 1 N–H and O–H groups in total. The molecule has 1 fully saturated rings. The highest BCUT2D eigenvalue weighted by Gasteiger charge is 2.32. The summed E-state index contributed by atoms with van der Waals surface area (Å²) in [5.74, 6) is 1.06. The summed E-state index contributed by atoms with van der Waals surface area (Å²) in [4.78, 5) is 21.3. The first kappa shape index (κ1) is 25.1. The van der Waals surface area contributed by atoms with Gasteiger partial charge in [-0.15, -0.1) is 0 Å². The largest absolute Gasteiger partial charge is 0.493 e. The number of halogens is 3. The monoisotopic (exact) mass is 529 g/mol. The van der Waals surface area contributed by atoms with E-state index in [2.05, 4.69) is 20.4 Å². The number of carbonyl (C=O) groups is 1. The van der Waals surface area contributed by atoms with Crippen molar-refractivity contribution < 1.29 is 36.9 Å². The van der Waals surface area contributed by atoms with Gasteiger partial charge in [-0.25, -0.2) is 4.98 Å². The van der Waals surface area contributed by atoms with Crippen molar-refractivity contribution in [3.8, 4) is 28.7 Å². The van der Waals surface area contributed by atoms with Gasteiger partial charge in [-0.2, -0.15) is 18.3 Å². The van der Waals surface area contributed by atoms with Crippen molar-refractivity contribution in [2.24, 2.45) is 0 Å². The fourth-order valence-electron chi connectivity index (χ4n) is 3.68. The van der Waals surface area contributed by atoms with Crippen molar-refractivity contribution in [1.29, 1.82) is 0 Å². The zero-order valence-electron chi connectivity index (χ0n) is 20.3. The molecule has 1 aliphatic rings. The number of aromatic nitrogens is 4. The van der Waals surface area contributed by atoms with Crippen LogP contribution in [-0.2, 0) is 0 Å². The minimum absolute atomic E-state index is 0.0460. The number of methoxy groups -OCH3 is 2. The van der Waals surface area contributed by atoms with Gasteiger partial charge >= 0.3 is 6.18 Å². The number of nitrogens with one attached hydrogen (secondary N) is 1. The van der Waals surface area contributed by atoms with E-state index in [-0.39, 0.29) is 23.3 Å². The molecule has 0 bridgehead atoms. The van der Waals surface area contributed by atoms with E-state index in [9.17, 15) is 18.0 Å². The third kappa shape index (κ3) is 5.56. The molecule has 0 unspecified atom stereocenters. The topological polar surface area (TPSA) is 110 Å². The number of alkyl halides is 3. The summed E-state index contributed by atoms with van der Waals surface area (Å²) in [5.41, 5.74) is 0.377. The number of fused-ring (bicyclic) bond motifs is 1. The van der Waals surface area contributed by atoms with Crippen LogP contribution in [0.1, 0.15) is 29.4 Å². The lowest BCUT2D eigenvalue weighted by Gasteiger charge is -2.12. The second-order valence-electron chi connectivity index (χ2n) is 8.43. The molecule has 4 aromatic rings. The fourth-order valence-corrected chi connectivity index (χ4v) is 3.68. The van der Waals surface area contributed by atoms with E-state index < -0.39 is 18.7 Å². The average Bonchev–Trinajstić information content (AvgIpc) is 3.66. The van der Waals surface area contributed by atoms with E-state index in [4.69, 9.17) is 18.9 Å². The van der Waals surface area contributed by atoms with E-state index in [1.165, 1.54) is 37.4 Å². The quantitative estimate of drug-likeness (QED) is 0.317. The molecule has 0 aliphatic heterocycles. The van der Waals surface area contributed by atoms with Gasteiger partial charge in [0.05, 0.1) is 38.2 Å². The lowest BCUT2D eigenvalue weighted by molar-refractivity contribution is -0.153. The van der Waals surface area contributed by atoms with Crippen molar-refractivity contribution in [2.75, 3.05) is 26.1 Å². The highest BCUT2D eigenvalue weighted by atomic mass is 19.4. The fraction of sp³-hybridized carbons (Fsp3) is 0.280. The number of pyridine rings is 2. The van der Waals surface area contributed by atoms with E-state index in [0.29, 0.717) is 33.9 Å². The molecule has 3 heterocycles. The standard InChI is InChI=1S/C25H22F3N5O5/c1-35-19-9-16-17(10-20(19)36-2)29-8-7-18(16)38-15-5-6-22(30-11-15)31-24(34)23-21(37-13-25(26,27)28)12-33(32-23)14-3-4-14/h5-12,14H,3-4,13H2,1-2H3,(H,30,31,34). The Balaban J connectivity index is 1.31. The number of amides is 1. The van der Waals surface area contributed by atoms with Crippen molar-refractivity contribution >= 4 is 22.6 Å². The molecule has 13 heteroatoms. The molecular formula is C25H22F3N5O5. The molecule has 0 atom stereocenters. The van der Waals surface area contributed by atoms with Crippen molar-refractivity contribution in [2.45, 2.75) is 25.1 Å². The molecule has 1 saturated carbocycles. The van der Waals surface area contributed by atoms with Crippen LogP contribution in [0.2, 0.25) is 0 Å². The molecule has 3 aromatic heterocycles. The van der Waals surface area contributed by atoms with Crippen LogP contribution in [0.5, 0.6) is 28.7 Å². The number of benzene rings is 1. The SMILES string of the molecule is COc1cc2nccc(Oc3ccc(NC(=O)c4nn(C5CC5)cc4OCC(F)(F)F)nc3)c2cc1OC. The summed E-state index contributed by atoms with van der Waals surface area (Å²) < 4.78 is 60.9. The molecule has 38 heavy (non-hydrogen) atoms. The van der Waals surface area contributed by atoms with Gasteiger partial charge in [0.1, 0.15) is 17.3 Å². The third-order valence-electron chi connectivity index (χ3n) is 5.64. The molecule has 198 valence electrons. The van der Waals surface area contributed by atoms with Gasteiger partial charge in [0, 0.05) is 17.6 Å². The Bertz CT molecular complexity index is 1470. The number of anilines is 1. The number of nitrogens with zero attached hydrogens (tertiary/aromatic N) is 4. The first-order chi connectivity index (χ1) is 18.2. The molecule has 0 radical (unpaired) electrons. The summed E-state index contributed by atoms with van der Waals surface area (Å²) in [6.07, 6.45) is 1.41. The predicted molar refractivity (Wildman–Crippen MR) is 129 cm³/mol. The second kappa shape index (κ2) is 10.1. The Morgan fingerprint density at radius 3 is 2.47 bits per heavy atom. The van der Waals surface area contributed by atoms with Crippen LogP contribution >= 0.6 is 0 Å². The van der Waals surface area contributed by atoms with Gasteiger partial charge in [-0.1, -0.05) is 0 Å². The Morgan fingerprint density at radius 2 is 1.82 bits per heavy atom. The third-order valence-corrected chi connectivity index (χ3v) is 5.64. The van der Waals surface area contributed by atoms with Crippen molar-refractivity contribution in [1.82, 2.24) is 19.7 Å². The molecule has 5 rings (SSSR count). The number of ether oxygens (including phenoxy) is 4. The summed E-state index contributed by atoms with van der Waals surface area (Å²) in [5, 5.41) is 7.35. The Labute approximate surface area is 214 Å². The molecule has 0 spiro atoms. The summed E-state index contributed by atoms with van der Waals surface area (Å²) >= 11 is 0. The first-order valence-electron chi connectivity index (χ1n) is 11.5. The van der Waals surface area contributed by atoms with Gasteiger partial charge in [-0.3, -0.25) is 14.5 Å². The molecule has 1 aliphatic carbocycles. The van der Waals surface area contributed by atoms with Crippen molar-refractivity contribution in [3.63, 3.8) is 0 Å². The molecule has 10 nitrogen and oxygen atoms in total. The van der Waals surface area contributed by atoms with Gasteiger partial charge in [0.15, 0.2) is 29.5 Å². The smallest absolute Gasteiger partial charge is 0.422 e. The first-order valence-corrected chi connectivity index (χ1v) is 11.5. The Hall–Kier alpha value is -4.55. The van der Waals surface area contributed by atoms with Crippen LogP contribution in [0.25, 0.3) is 10.9 Å². The lowest BCUT2D eigenvalue weighted by atomic mass is 10.2. The van der Waals surface area contributed by atoms with Crippen LogP contribution in [0.4, 0.5) is 19.0 Å². The number of hydrogen-bond acceptors (Lipinski definition) is 8. The predicted octanol–water partition coefficient (Wildman–Crippen LogP) is 5.16. The molecular weight excluding hydrogens is 507 g/mol. The normalized spacial score (nSPS) is 13.3. The molecule has 1 amide bonds. The van der Waals surface area contributed by atoms with Crippen LogP contribution in [0.15, 0.2) is 48.9 Å². The van der Waals surface area contributed by atoms with E-state index in [1.807, 2.05) is 0 Å². The van der Waals surface area contributed by atoms with Crippen LogP contribution in [-0.4, -0.2) is 52.7 Å². The minimum Gasteiger partial charge on any atom is -0.493 e. The summed E-state index contributed by atoms with van der Waals surface area (Å²) in [6.45, 7) is -1.53. The highest BCUT2D eigenvalue weighted by Crippen LogP contribution is 2.38. The van der Waals surface area contributed by atoms with Gasteiger partial charge in [0.2, 0.25) is 0 Å². The summed E-state index contributed by atoms with van der Waals surface area (Å²) in [6, 6.07) is 8.29. The maximum absolute atomic E-state index is 12.8. The number of hydrogen-bond donors (Lipinski definition) is 1. The van der Waals surface area contributed by atoms with E-state index >= 15 is 0 Å². The van der Waals surface area contributed by atoms with Crippen LogP contribution in [0.3, 0.4) is 0 Å². The highest BCUT2D eigenvalue weighted by molar-refractivity contribution is 6.04. The molecule has 1 aromatic carbocycles. The Kier molecular flexibility index (Phi) is 6.66. The minimum atomic E-state index is -4.55. The zero-order chi connectivity index (χ0) is 26.9. The van der Waals surface area contributed by atoms with E-state index in [1.54, 1.807) is 30.5 Å². The average molecular weight is 529 g/mol. The maximum atomic E-state index is 12.8. The van der Waals surface area contributed by atoms with Crippen molar-refractivity contribution in [3.05, 3.63) is 54.6 Å². The lowest BCUT2D eigenvalue weighted by Crippen LogP contribution is -2.21. The number of carbonyl (C=O) groups excluding carboxylic acids is 1. The van der Waals surface area contributed by atoms with Gasteiger partial charge < -0.3 is 24.3 Å². The maximum Gasteiger partial charge on any atom is 0.422 e. The van der Waals surface area contributed by atoms with Gasteiger partial charge in [-0.05, 0) is 37.1 Å². The zero-order valence-corrected chi connectivity index (χ0v) is 20.3. The molecule has 0 saturated heterocycles.